The summed E-state index contributed by atoms with van der Waals surface area (Å²) < 4.78 is 0. The summed E-state index contributed by atoms with van der Waals surface area (Å²) in [7, 11) is 0. The third-order valence-corrected chi connectivity index (χ3v) is 1.82. The normalized spacial score (nSPS) is 11.8. The standard InChI is InChI=1S/C9H16S/c1-7(2)5-6-9(10)8(3)4/h5-8H,1-4H3/b6-5+. The summed E-state index contributed by atoms with van der Waals surface area (Å²) in [5, 5.41) is 0. The Morgan fingerprint density at radius 3 is 2.00 bits per heavy atom. The number of hydrogen-bond donors (Lipinski definition) is 0. The van der Waals surface area contributed by atoms with Crippen molar-refractivity contribution in [1.29, 1.82) is 0 Å². The highest BCUT2D eigenvalue weighted by atomic mass is 32.1. The van der Waals surface area contributed by atoms with Crippen molar-refractivity contribution < 1.29 is 0 Å². The number of rotatable bonds is 3. The highest BCUT2D eigenvalue weighted by Crippen LogP contribution is 2.01. The van der Waals surface area contributed by atoms with Crippen molar-refractivity contribution in [3.8, 4) is 0 Å². The van der Waals surface area contributed by atoms with E-state index in [1.54, 1.807) is 0 Å². The molecule has 0 saturated carbocycles. The third kappa shape index (κ3) is 4.68. The summed E-state index contributed by atoms with van der Waals surface area (Å²) in [6.07, 6.45) is 4.19. The molecule has 0 heterocycles. The molecule has 0 N–H and O–H groups in total. The summed E-state index contributed by atoms with van der Waals surface area (Å²) in [5.74, 6) is 1.11. The van der Waals surface area contributed by atoms with Crippen molar-refractivity contribution in [2.24, 2.45) is 11.8 Å². The fraction of sp³-hybridized carbons (Fsp3) is 0.667. The molecule has 0 unspecified atom stereocenters. The van der Waals surface area contributed by atoms with Gasteiger partial charge >= 0.3 is 0 Å². The van der Waals surface area contributed by atoms with Gasteiger partial charge in [-0.2, -0.15) is 0 Å². The molecule has 0 aliphatic rings. The monoisotopic (exact) mass is 156 g/mol. The van der Waals surface area contributed by atoms with Crippen LogP contribution < -0.4 is 0 Å². The molecule has 0 fully saturated rings. The first-order valence-electron chi connectivity index (χ1n) is 3.76. The average Bonchev–Trinajstić information content (AvgIpc) is 1.82. The van der Waals surface area contributed by atoms with Crippen LogP contribution in [0.3, 0.4) is 0 Å². The van der Waals surface area contributed by atoms with Gasteiger partial charge in [0, 0.05) is 4.86 Å². The highest BCUT2D eigenvalue weighted by molar-refractivity contribution is 7.80. The minimum Gasteiger partial charge on any atom is -0.0846 e. The quantitative estimate of drug-likeness (QED) is 0.446. The Morgan fingerprint density at radius 1 is 1.20 bits per heavy atom. The molecule has 0 aromatic heterocycles. The molecule has 0 spiro atoms. The lowest BCUT2D eigenvalue weighted by Gasteiger charge is -2.00. The average molecular weight is 156 g/mol. The zero-order chi connectivity index (χ0) is 8.15. The van der Waals surface area contributed by atoms with Gasteiger partial charge in [0.1, 0.15) is 0 Å². The maximum Gasteiger partial charge on any atom is 0.0174 e. The molecule has 1 heteroatoms. The van der Waals surface area contributed by atoms with Gasteiger partial charge in [-0.05, 0) is 11.8 Å². The Kier molecular flexibility index (Phi) is 4.54. The van der Waals surface area contributed by atoms with Gasteiger partial charge in [-0.3, -0.25) is 0 Å². The van der Waals surface area contributed by atoms with Gasteiger partial charge in [-0.15, -0.1) is 0 Å². The third-order valence-electron chi connectivity index (χ3n) is 1.21. The fourth-order valence-corrected chi connectivity index (χ4v) is 0.558. The molecular weight excluding hydrogens is 140 g/mol. The van der Waals surface area contributed by atoms with Crippen LogP contribution >= 0.6 is 12.2 Å². The van der Waals surface area contributed by atoms with Crippen LogP contribution in [0.15, 0.2) is 12.2 Å². The maximum absolute atomic E-state index is 5.11. The lowest BCUT2D eigenvalue weighted by atomic mass is 10.1. The van der Waals surface area contributed by atoms with Crippen LogP contribution in [0.4, 0.5) is 0 Å². The van der Waals surface area contributed by atoms with Crippen molar-refractivity contribution in [3.63, 3.8) is 0 Å². The Bertz CT molecular complexity index is 132. The fourth-order valence-electron chi connectivity index (χ4n) is 0.480. The van der Waals surface area contributed by atoms with E-state index in [0.717, 1.165) is 4.86 Å². The van der Waals surface area contributed by atoms with Crippen molar-refractivity contribution in [1.82, 2.24) is 0 Å². The molecule has 0 amide bonds. The summed E-state index contributed by atoms with van der Waals surface area (Å²) in [4.78, 5) is 1.05. The number of hydrogen-bond acceptors (Lipinski definition) is 1. The highest BCUT2D eigenvalue weighted by Gasteiger charge is 1.96. The Hall–Kier alpha value is -0.170. The first kappa shape index (κ1) is 9.83. The molecular formula is C9H16S. The van der Waals surface area contributed by atoms with Crippen LogP contribution in [0.1, 0.15) is 27.7 Å². The van der Waals surface area contributed by atoms with E-state index in [9.17, 15) is 0 Å². The van der Waals surface area contributed by atoms with Crippen molar-refractivity contribution >= 4 is 17.1 Å². The molecule has 0 nitrogen and oxygen atoms in total. The topological polar surface area (TPSA) is 0 Å². The summed E-state index contributed by atoms with van der Waals surface area (Å²) in [5.41, 5.74) is 0. The second-order valence-electron chi connectivity index (χ2n) is 3.16. The van der Waals surface area contributed by atoms with E-state index in [4.69, 9.17) is 12.2 Å². The van der Waals surface area contributed by atoms with E-state index >= 15 is 0 Å². The van der Waals surface area contributed by atoms with E-state index in [0.29, 0.717) is 11.8 Å². The first-order chi connectivity index (χ1) is 4.54. The van der Waals surface area contributed by atoms with E-state index in [2.05, 4.69) is 33.8 Å². The van der Waals surface area contributed by atoms with E-state index in [1.807, 2.05) is 6.08 Å². The number of thiocarbonyl (C=S) groups is 1. The predicted octanol–water partition coefficient (Wildman–Crippen LogP) is 3.22. The van der Waals surface area contributed by atoms with Crippen LogP contribution in [0.25, 0.3) is 0 Å². The molecule has 0 atom stereocenters. The Balaban J connectivity index is 3.79. The molecule has 0 aliphatic carbocycles. The zero-order valence-corrected chi connectivity index (χ0v) is 8.03. The Labute approximate surface area is 69.3 Å². The molecule has 0 bridgehead atoms. The van der Waals surface area contributed by atoms with Crippen LogP contribution in [0.2, 0.25) is 0 Å². The van der Waals surface area contributed by atoms with Crippen LogP contribution in [-0.4, -0.2) is 4.86 Å². The van der Waals surface area contributed by atoms with Crippen molar-refractivity contribution in [2.45, 2.75) is 27.7 Å². The van der Waals surface area contributed by atoms with Gasteiger partial charge in [0.15, 0.2) is 0 Å². The van der Waals surface area contributed by atoms with Gasteiger partial charge in [0.2, 0.25) is 0 Å². The van der Waals surface area contributed by atoms with E-state index < -0.39 is 0 Å². The van der Waals surface area contributed by atoms with Gasteiger partial charge in [-0.25, -0.2) is 0 Å². The molecule has 0 saturated heterocycles. The van der Waals surface area contributed by atoms with Crippen LogP contribution in [0.5, 0.6) is 0 Å². The lowest BCUT2D eigenvalue weighted by Crippen LogP contribution is -1.99. The second-order valence-corrected chi connectivity index (χ2v) is 3.63. The zero-order valence-electron chi connectivity index (χ0n) is 7.22. The lowest BCUT2D eigenvalue weighted by molar-refractivity contribution is 0.830. The minimum atomic E-state index is 0.505. The van der Waals surface area contributed by atoms with Gasteiger partial charge in [0.25, 0.3) is 0 Å². The maximum atomic E-state index is 5.11. The summed E-state index contributed by atoms with van der Waals surface area (Å²) in [6.45, 7) is 8.54. The molecule has 0 aromatic carbocycles. The minimum absolute atomic E-state index is 0.505. The first-order valence-corrected chi connectivity index (χ1v) is 4.17. The van der Waals surface area contributed by atoms with Gasteiger partial charge in [0.05, 0.1) is 0 Å². The largest absolute Gasteiger partial charge is 0.0846 e. The van der Waals surface area contributed by atoms with Gasteiger partial charge < -0.3 is 0 Å². The van der Waals surface area contributed by atoms with Gasteiger partial charge in [-0.1, -0.05) is 52.1 Å². The predicted molar refractivity (Wildman–Crippen MR) is 51.4 cm³/mol. The molecule has 0 radical (unpaired) electrons. The Morgan fingerprint density at radius 2 is 1.70 bits per heavy atom. The van der Waals surface area contributed by atoms with Crippen LogP contribution in [-0.2, 0) is 0 Å². The number of allylic oxidation sites excluding steroid dienone is 2. The summed E-state index contributed by atoms with van der Waals surface area (Å²) >= 11 is 5.11. The molecule has 0 rings (SSSR count). The van der Waals surface area contributed by atoms with Crippen molar-refractivity contribution in [2.75, 3.05) is 0 Å². The molecule has 0 aliphatic heterocycles. The van der Waals surface area contributed by atoms with E-state index in [1.165, 1.54) is 0 Å². The summed E-state index contributed by atoms with van der Waals surface area (Å²) in [6, 6.07) is 0. The van der Waals surface area contributed by atoms with Crippen LogP contribution in [0, 0.1) is 11.8 Å². The second kappa shape index (κ2) is 4.62. The van der Waals surface area contributed by atoms with Crippen molar-refractivity contribution in [3.05, 3.63) is 12.2 Å². The molecule has 10 heavy (non-hydrogen) atoms. The molecule has 0 aromatic rings. The SMILES string of the molecule is CC(C)/C=C/C(=S)C(C)C. The smallest absolute Gasteiger partial charge is 0.0174 e. The van der Waals surface area contributed by atoms with E-state index in [-0.39, 0.29) is 0 Å². The molecule has 58 valence electrons.